The fraction of sp³-hybridized carbons (Fsp3) is 1.00. The molecular weight excluding hydrogens is 204 g/mol. The lowest BCUT2D eigenvalue weighted by Crippen LogP contribution is -2.48. The van der Waals surface area contributed by atoms with Crippen molar-refractivity contribution >= 4 is 0 Å². The van der Waals surface area contributed by atoms with Crippen molar-refractivity contribution in [2.75, 3.05) is 33.4 Å². The van der Waals surface area contributed by atoms with E-state index in [2.05, 4.69) is 18.9 Å². The average Bonchev–Trinajstić information content (AvgIpc) is 2.26. The second-order valence-corrected chi connectivity index (χ2v) is 4.89. The monoisotopic (exact) mass is 230 g/mol. The molecule has 1 rings (SSSR count). The van der Waals surface area contributed by atoms with Crippen LogP contribution < -0.4 is 5.73 Å². The Morgan fingerprint density at radius 2 is 2.06 bits per heavy atom. The Morgan fingerprint density at radius 3 is 2.56 bits per heavy atom. The summed E-state index contributed by atoms with van der Waals surface area (Å²) in [6.45, 7) is 4.97. The van der Waals surface area contributed by atoms with E-state index in [1.54, 1.807) is 0 Å². The molecule has 0 aromatic rings. The van der Waals surface area contributed by atoms with Gasteiger partial charge in [-0.05, 0) is 26.4 Å². The number of rotatable bonds is 6. The molecule has 1 aliphatic rings. The number of likely N-dealkylation sites (N-methyl/N-ethyl adjacent to an activating group) is 1. The van der Waals surface area contributed by atoms with Crippen molar-refractivity contribution in [3.8, 4) is 0 Å². The molecule has 4 nitrogen and oxygen atoms in total. The first-order valence-corrected chi connectivity index (χ1v) is 6.32. The van der Waals surface area contributed by atoms with Crippen LogP contribution in [-0.4, -0.2) is 55.0 Å². The number of ether oxygens (including phenoxy) is 1. The highest BCUT2D eigenvalue weighted by atomic mass is 16.5. The average molecular weight is 230 g/mol. The van der Waals surface area contributed by atoms with Crippen LogP contribution in [0.3, 0.4) is 0 Å². The summed E-state index contributed by atoms with van der Waals surface area (Å²) < 4.78 is 5.28. The van der Waals surface area contributed by atoms with E-state index in [1.807, 2.05) is 0 Å². The highest BCUT2D eigenvalue weighted by molar-refractivity contribution is 4.85. The molecule has 96 valence electrons. The summed E-state index contributed by atoms with van der Waals surface area (Å²) >= 11 is 0. The van der Waals surface area contributed by atoms with E-state index in [0.717, 1.165) is 32.2 Å². The normalized spacial score (nSPS) is 22.3. The summed E-state index contributed by atoms with van der Waals surface area (Å²) in [6.07, 6.45) is 3.58. The molecule has 1 atom stereocenters. The predicted octanol–water partition coefficient (Wildman–Crippen LogP) is 0.587. The van der Waals surface area contributed by atoms with Crippen LogP contribution in [0.4, 0.5) is 0 Å². The maximum atomic E-state index is 10.4. The van der Waals surface area contributed by atoms with E-state index in [4.69, 9.17) is 10.5 Å². The molecule has 0 bridgehead atoms. The summed E-state index contributed by atoms with van der Waals surface area (Å²) in [4.78, 5) is 2.25. The van der Waals surface area contributed by atoms with E-state index in [0.29, 0.717) is 25.8 Å². The van der Waals surface area contributed by atoms with Gasteiger partial charge in [0.05, 0.1) is 5.60 Å². The Bertz CT molecular complexity index is 193. The lowest BCUT2D eigenvalue weighted by molar-refractivity contribution is -0.0817. The number of hydrogen-bond donors (Lipinski definition) is 2. The third-order valence-electron chi connectivity index (χ3n) is 3.56. The van der Waals surface area contributed by atoms with E-state index in [9.17, 15) is 5.11 Å². The number of nitrogens with two attached hydrogens (primary N) is 1. The zero-order chi connectivity index (χ0) is 12.0. The van der Waals surface area contributed by atoms with E-state index in [-0.39, 0.29) is 0 Å². The zero-order valence-electron chi connectivity index (χ0n) is 10.6. The molecule has 4 heteroatoms. The second kappa shape index (κ2) is 6.55. The minimum Gasteiger partial charge on any atom is -0.388 e. The molecule has 0 aliphatic carbocycles. The number of nitrogens with zero attached hydrogens (tertiary/aromatic N) is 1. The fourth-order valence-electron chi connectivity index (χ4n) is 2.43. The first kappa shape index (κ1) is 13.9. The number of aliphatic hydroxyl groups is 1. The van der Waals surface area contributed by atoms with Crippen molar-refractivity contribution in [1.82, 2.24) is 4.90 Å². The topological polar surface area (TPSA) is 58.7 Å². The highest BCUT2D eigenvalue weighted by Crippen LogP contribution is 2.22. The third-order valence-corrected chi connectivity index (χ3v) is 3.56. The van der Waals surface area contributed by atoms with Crippen molar-refractivity contribution < 1.29 is 9.84 Å². The number of hydrogen-bond acceptors (Lipinski definition) is 4. The van der Waals surface area contributed by atoms with Crippen molar-refractivity contribution in [2.24, 2.45) is 5.73 Å². The Balaban J connectivity index is 2.43. The molecule has 0 saturated carbocycles. The summed E-state index contributed by atoms with van der Waals surface area (Å²) in [6, 6.07) is 0.483. The smallest absolute Gasteiger partial charge is 0.0817 e. The van der Waals surface area contributed by atoms with Crippen LogP contribution in [0, 0.1) is 0 Å². The van der Waals surface area contributed by atoms with Gasteiger partial charge in [0.25, 0.3) is 0 Å². The molecule has 0 amide bonds. The van der Waals surface area contributed by atoms with Gasteiger partial charge in [0.2, 0.25) is 0 Å². The van der Waals surface area contributed by atoms with Gasteiger partial charge in [0.1, 0.15) is 0 Å². The van der Waals surface area contributed by atoms with Gasteiger partial charge in [-0.3, -0.25) is 0 Å². The fourth-order valence-corrected chi connectivity index (χ4v) is 2.43. The summed E-state index contributed by atoms with van der Waals surface area (Å²) in [5, 5.41) is 10.4. The first-order valence-electron chi connectivity index (χ1n) is 6.32. The van der Waals surface area contributed by atoms with Crippen LogP contribution in [0.5, 0.6) is 0 Å². The largest absolute Gasteiger partial charge is 0.388 e. The van der Waals surface area contributed by atoms with Gasteiger partial charge in [-0.15, -0.1) is 0 Å². The molecule has 1 unspecified atom stereocenters. The highest BCUT2D eigenvalue weighted by Gasteiger charge is 2.32. The van der Waals surface area contributed by atoms with Crippen LogP contribution in [0.15, 0.2) is 0 Å². The Hall–Kier alpha value is -0.160. The molecule has 1 saturated heterocycles. The second-order valence-electron chi connectivity index (χ2n) is 4.89. The van der Waals surface area contributed by atoms with Gasteiger partial charge < -0.3 is 20.5 Å². The molecule has 0 aromatic carbocycles. The maximum Gasteiger partial charge on any atom is 0.0817 e. The lowest BCUT2D eigenvalue weighted by Gasteiger charge is -2.38. The molecule has 3 N–H and O–H groups in total. The third kappa shape index (κ3) is 4.01. The molecule has 1 fully saturated rings. The quantitative estimate of drug-likeness (QED) is 0.701. The molecule has 0 spiro atoms. The SMILES string of the molecule is CCC(CCN)N(C)CC1(O)CCOCC1. The predicted molar refractivity (Wildman–Crippen MR) is 65.4 cm³/mol. The van der Waals surface area contributed by atoms with Gasteiger partial charge in [0.15, 0.2) is 0 Å². The molecule has 1 aliphatic heterocycles. The Morgan fingerprint density at radius 1 is 1.44 bits per heavy atom. The van der Waals surface area contributed by atoms with Crippen LogP contribution >= 0.6 is 0 Å². The van der Waals surface area contributed by atoms with E-state index >= 15 is 0 Å². The zero-order valence-corrected chi connectivity index (χ0v) is 10.6. The standard InChI is InChI=1S/C12H26N2O2/c1-3-11(4-7-13)14(2)10-12(15)5-8-16-9-6-12/h11,15H,3-10,13H2,1-2H3. The van der Waals surface area contributed by atoms with E-state index in [1.165, 1.54) is 0 Å². The van der Waals surface area contributed by atoms with Crippen LogP contribution in [-0.2, 0) is 4.74 Å². The van der Waals surface area contributed by atoms with Gasteiger partial charge >= 0.3 is 0 Å². The summed E-state index contributed by atoms with van der Waals surface area (Å²) in [5.41, 5.74) is 5.04. The minimum atomic E-state index is -0.560. The molecule has 0 radical (unpaired) electrons. The van der Waals surface area contributed by atoms with E-state index < -0.39 is 5.60 Å². The Kier molecular flexibility index (Phi) is 5.69. The summed E-state index contributed by atoms with van der Waals surface area (Å²) in [5.74, 6) is 0. The van der Waals surface area contributed by atoms with Gasteiger partial charge in [0, 0.05) is 38.6 Å². The van der Waals surface area contributed by atoms with Crippen LogP contribution in [0.25, 0.3) is 0 Å². The molecule has 1 heterocycles. The van der Waals surface area contributed by atoms with Crippen molar-refractivity contribution in [3.05, 3.63) is 0 Å². The van der Waals surface area contributed by atoms with Crippen molar-refractivity contribution in [2.45, 2.75) is 44.2 Å². The molecule has 0 aromatic heterocycles. The lowest BCUT2D eigenvalue weighted by atomic mass is 9.93. The summed E-state index contributed by atoms with van der Waals surface area (Å²) in [7, 11) is 2.08. The van der Waals surface area contributed by atoms with Crippen molar-refractivity contribution in [3.63, 3.8) is 0 Å². The van der Waals surface area contributed by atoms with Crippen molar-refractivity contribution in [1.29, 1.82) is 0 Å². The molecular formula is C12H26N2O2. The van der Waals surface area contributed by atoms with Crippen LogP contribution in [0.1, 0.15) is 32.6 Å². The first-order chi connectivity index (χ1) is 7.61. The van der Waals surface area contributed by atoms with Gasteiger partial charge in [-0.25, -0.2) is 0 Å². The van der Waals surface area contributed by atoms with Crippen LogP contribution in [0.2, 0.25) is 0 Å². The maximum absolute atomic E-state index is 10.4. The molecule has 16 heavy (non-hydrogen) atoms. The van der Waals surface area contributed by atoms with Gasteiger partial charge in [-0.1, -0.05) is 6.92 Å². The Labute approximate surface area is 98.8 Å². The van der Waals surface area contributed by atoms with Gasteiger partial charge in [-0.2, -0.15) is 0 Å². The minimum absolute atomic E-state index is 0.483.